The van der Waals surface area contributed by atoms with E-state index in [4.69, 9.17) is 21.7 Å². The molecule has 1 fully saturated rings. The number of ether oxygens (including phenoxy) is 2. The maximum atomic E-state index is 13.0. The predicted molar refractivity (Wildman–Crippen MR) is 108 cm³/mol. The topological polar surface area (TPSA) is 50.8 Å². The molecule has 1 saturated heterocycles. The summed E-state index contributed by atoms with van der Waals surface area (Å²) in [6.45, 7) is 0.266. The van der Waals surface area contributed by atoms with Gasteiger partial charge in [0.2, 0.25) is 0 Å². The zero-order valence-corrected chi connectivity index (χ0v) is 17.0. The molecule has 1 heterocycles. The molecule has 8 heteroatoms. The Morgan fingerprint density at radius 2 is 1.96 bits per heavy atom. The van der Waals surface area contributed by atoms with Crippen LogP contribution in [0, 0.1) is 5.82 Å². The number of methoxy groups -OCH3 is 1. The number of halogens is 2. The maximum absolute atomic E-state index is 13.0. The lowest BCUT2D eigenvalue weighted by Gasteiger charge is -2.13. The monoisotopic (exact) mass is 450 g/mol. The second kappa shape index (κ2) is 8.06. The molecule has 0 atom stereocenters. The molecule has 0 spiro atoms. The lowest BCUT2D eigenvalue weighted by molar-refractivity contribution is -0.121. The van der Waals surface area contributed by atoms with E-state index < -0.39 is 0 Å². The molecule has 27 heavy (non-hydrogen) atoms. The van der Waals surface area contributed by atoms with E-state index in [2.05, 4.69) is 21.2 Å². The molecule has 0 aromatic heterocycles. The fourth-order valence-electron chi connectivity index (χ4n) is 2.45. The van der Waals surface area contributed by atoms with Gasteiger partial charge in [0.15, 0.2) is 16.6 Å². The normalized spacial score (nSPS) is 15.3. The number of benzene rings is 2. The molecule has 1 amide bonds. The molecule has 1 aliphatic heterocycles. The predicted octanol–water partition coefficient (Wildman–Crippen LogP) is 3.86. The summed E-state index contributed by atoms with van der Waals surface area (Å²) in [5.74, 6) is 0.530. The average molecular weight is 451 g/mol. The fraction of sp³-hybridized carbons (Fsp3) is 0.158. The number of hydrogen-bond acceptors (Lipinski definition) is 4. The summed E-state index contributed by atoms with van der Waals surface area (Å²) in [6, 6.07) is 9.60. The van der Waals surface area contributed by atoms with Crippen LogP contribution in [0.3, 0.4) is 0 Å². The van der Waals surface area contributed by atoms with E-state index in [0.29, 0.717) is 22.3 Å². The summed E-state index contributed by atoms with van der Waals surface area (Å²) >= 11 is 8.57. The van der Waals surface area contributed by atoms with E-state index in [-0.39, 0.29) is 18.3 Å². The minimum atomic E-state index is -0.295. The highest BCUT2D eigenvalue weighted by Crippen LogP contribution is 2.35. The van der Waals surface area contributed by atoms with Crippen LogP contribution in [-0.2, 0) is 11.4 Å². The van der Waals surface area contributed by atoms with Crippen molar-refractivity contribution in [2.45, 2.75) is 6.61 Å². The molecule has 0 bridgehead atoms. The zero-order valence-electron chi connectivity index (χ0n) is 14.6. The van der Waals surface area contributed by atoms with Gasteiger partial charge in [0.1, 0.15) is 18.1 Å². The number of thiocarbonyl (C=S) groups is 1. The van der Waals surface area contributed by atoms with Crippen LogP contribution in [0.5, 0.6) is 11.5 Å². The number of hydrogen-bond donors (Lipinski definition) is 1. The Kier molecular flexibility index (Phi) is 5.76. The summed E-state index contributed by atoms with van der Waals surface area (Å²) in [4.78, 5) is 13.5. The van der Waals surface area contributed by atoms with Gasteiger partial charge < -0.3 is 14.8 Å². The van der Waals surface area contributed by atoms with Crippen molar-refractivity contribution in [1.29, 1.82) is 0 Å². The van der Waals surface area contributed by atoms with E-state index in [1.165, 1.54) is 24.1 Å². The van der Waals surface area contributed by atoms with Crippen molar-refractivity contribution >= 4 is 45.2 Å². The molecule has 2 aromatic rings. The van der Waals surface area contributed by atoms with Crippen molar-refractivity contribution in [2.75, 3.05) is 14.2 Å². The second-order valence-electron chi connectivity index (χ2n) is 5.79. The van der Waals surface area contributed by atoms with Crippen molar-refractivity contribution in [2.24, 2.45) is 0 Å². The van der Waals surface area contributed by atoms with E-state index in [9.17, 15) is 9.18 Å². The summed E-state index contributed by atoms with van der Waals surface area (Å²) < 4.78 is 24.9. The number of amides is 1. The largest absolute Gasteiger partial charge is 0.493 e. The number of rotatable bonds is 5. The molecule has 1 aliphatic rings. The molecule has 3 rings (SSSR count). The van der Waals surface area contributed by atoms with E-state index in [1.807, 2.05) is 0 Å². The average Bonchev–Trinajstić information content (AvgIpc) is 2.89. The molecule has 0 saturated carbocycles. The molecule has 140 valence electrons. The third-order valence-electron chi connectivity index (χ3n) is 3.97. The van der Waals surface area contributed by atoms with E-state index in [1.54, 1.807) is 37.4 Å². The summed E-state index contributed by atoms with van der Waals surface area (Å²) in [5, 5.41) is 3.23. The van der Waals surface area contributed by atoms with Crippen LogP contribution < -0.4 is 14.8 Å². The van der Waals surface area contributed by atoms with Gasteiger partial charge in [0.25, 0.3) is 5.91 Å². The lowest BCUT2D eigenvalue weighted by atomic mass is 10.1. The third-order valence-corrected chi connectivity index (χ3v) is 5.03. The summed E-state index contributed by atoms with van der Waals surface area (Å²) in [5.41, 5.74) is 1.94. The Morgan fingerprint density at radius 3 is 2.56 bits per heavy atom. The first-order valence-electron chi connectivity index (χ1n) is 7.94. The second-order valence-corrected chi connectivity index (χ2v) is 7.03. The standard InChI is InChI=1S/C19H16BrFN2O3S/c1-23-18(24)15(22-19(23)27)7-12-8-16(25-2)17(9-14(12)20)26-10-11-3-5-13(21)6-4-11/h3-9H,10H2,1-2H3,(H,22,27)/b15-7-. The van der Waals surface area contributed by atoms with Crippen molar-refractivity contribution in [3.8, 4) is 11.5 Å². The van der Waals surface area contributed by atoms with Crippen molar-refractivity contribution in [1.82, 2.24) is 10.2 Å². The first-order valence-corrected chi connectivity index (χ1v) is 9.14. The maximum Gasteiger partial charge on any atom is 0.276 e. The van der Waals surface area contributed by atoms with Gasteiger partial charge in [0, 0.05) is 11.5 Å². The number of carbonyl (C=O) groups is 1. The summed E-state index contributed by atoms with van der Waals surface area (Å²) in [6.07, 6.45) is 1.69. The van der Waals surface area contributed by atoms with Gasteiger partial charge in [-0.3, -0.25) is 9.69 Å². The number of likely N-dealkylation sites (N-methyl/N-ethyl adjacent to an activating group) is 1. The van der Waals surface area contributed by atoms with Gasteiger partial charge in [0.05, 0.1) is 7.11 Å². The SMILES string of the molecule is COc1cc(/C=C2\NC(=S)N(C)C2=O)c(Br)cc1OCc1ccc(F)cc1. The highest BCUT2D eigenvalue weighted by molar-refractivity contribution is 9.10. The van der Waals surface area contributed by atoms with Crippen molar-refractivity contribution in [3.05, 3.63) is 63.5 Å². The minimum Gasteiger partial charge on any atom is -0.493 e. The number of carbonyl (C=O) groups excluding carboxylic acids is 1. The smallest absolute Gasteiger partial charge is 0.276 e. The molecule has 0 unspecified atom stereocenters. The Bertz CT molecular complexity index is 931. The first kappa shape index (κ1) is 19.3. The first-order chi connectivity index (χ1) is 12.9. The molecule has 1 N–H and O–H groups in total. The van der Waals surface area contributed by atoms with Crippen LogP contribution in [0.25, 0.3) is 6.08 Å². The van der Waals surface area contributed by atoms with Crippen LogP contribution in [0.2, 0.25) is 0 Å². The lowest BCUT2D eigenvalue weighted by Crippen LogP contribution is -2.25. The zero-order chi connectivity index (χ0) is 19.6. The highest BCUT2D eigenvalue weighted by Gasteiger charge is 2.27. The van der Waals surface area contributed by atoms with Crippen LogP contribution >= 0.6 is 28.1 Å². The van der Waals surface area contributed by atoms with Gasteiger partial charge in [-0.1, -0.05) is 28.1 Å². The van der Waals surface area contributed by atoms with Gasteiger partial charge in [-0.05, 0) is 53.7 Å². The van der Waals surface area contributed by atoms with Crippen LogP contribution in [0.1, 0.15) is 11.1 Å². The van der Waals surface area contributed by atoms with Gasteiger partial charge >= 0.3 is 0 Å². The molecule has 0 radical (unpaired) electrons. The minimum absolute atomic E-state index is 0.206. The van der Waals surface area contributed by atoms with Crippen LogP contribution in [-0.4, -0.2) is 30.1 Å². The molecule has 5 nitrogen and oxygen atoms in total. The van der Waals surface area contributed by atoms with E-state index >= 15 is 0 Å². The van der Waals surface area contributed by atoms with Gasteiger partial charge in [-0.25, -0.2) is 4.39 Å². The fourth-order valence-corrected chi connectivity index (χ4v) is 3.08. The molecular formula is C19H16BrFN2O3S. The molecule has 0 aliphatic carbocycles. The Labute approximate surface area is 169 Å². The molecule has 2 aromatic carbocycles. The van der Waals surface area contributed by atoms with Crippen molar-refractivity contribution in [3.63, 3.8) is 0 Å². The van der Waals surface area contributed by atoms with Gasteiger partial charge in [-0.15, -0.1) is 0 Å². The van der Waals surface area contributed by atoms with Crippen molar-refractivity contribution < 1.29 is 18.7 Å². The third kappa shape index (κ3) is 4.28. The number of nitrogens with zero attached hydrogens (tertiary/aromatic N) is 1. The highest BCUT2D eigenvalue weighted by atomic mass is 79.9. The Morgan fingerprint density at radius 1 is 1.26 bits per heavy atom. The number of nitrogens with one attached hydrogen (secondary N) is 1. The Hall–Kier alpha value is -2.45. The quantitative estimate of drug-likeness (QED) is 0.553. The van der Waals surface area contributed by atoms with Gasteiger partial charge in [-0.2, -0.15) is 0 Å². The Balaban J connectivity index is 1.84. The molecular weight excluding hydrogens is 435 g/mol. The van der Waals surface area contributed by atoms with Crippen LogP contribution in [0.15, 0.2) is 46.6 Å². The van der Waals surface area contributed by atoms with E-state index in [0.717, 1.165) is 15.6 Å². The summed E-state index contributed by atoms with van der Waals surface area (Å²) in [7, 11) is 3.15. The van der Waals surface area contributed by atoms with Crippen LogP contribution in [0.4, 0.5) is 4.39 Å².